The molecule has 0 bridgehead atoms. The molecule has 2 nitrogen and oxygen atoms in total. The van der Waals surface area contributed by atoms with E-state index >= 15 is 0 Å². The van der Waals surface area contributed by atoms with Crippen molar-refractivity contribution in [1.29, 1.82) is 0 Å². The van der Waals surface area contributed by atoms with Crippen molar-refractivity contribution in [2.75, 3.05) is 0 Å². The monoisotopic (exact) mass is 194 g/mol. The van der Waals surface area contributed by atoms with Gasteiger partial charge < -0.3 is 4.57 Å². The summed E-state index contributed by atoms with van der Waals surface area (Å²) in [6.45, 7) is 0. The van der Waals surface area contributed by atoms with E-state index in [9.17, 15) is 0 Å². The maximum absolute atomic E-state index is 4.17. The van der Waals surface area contributed by atoms with E-state index in [4.69, 9.17) is 0 Å². The lowest BCUT2D eigenvalue weighted by Crippen LogP contribution is -1.91. The highest BCUT2D eigenvalue weighted by Crippen LogP contribution is 2.20. The van der Waals surface area contributed by atoms with Crippen LogP contribution in [-0.4, -0.2) is 9.55 Å². The first kappa shape index (κ1) is 8.24. The molecule has 0 saturated heterocycles. The van der Waals surface area contributed by atoms with Gasteiger partial charge in [0.2, 0.25) is 0 Å². The summed E-state index contributed by atoms with van der Waals surface area (Å²) in [7, 11) is 0. The van der Waals surface area contributed by atoms with Crippen LogP contribution in [0.25, 0.3) is 16.5 Å². The van der Waals surface area contributed by atoms with Gasteiger partial charge in [0, 0.05) is 30.2 Å². The van der Waals surface area contributed by atoms with Gasteiger partial charge in [0.05, 0.1) is 5.69 Å². The second-order valence-corrected chi connectivity index (χ2v) is 3.46. The largest absolute Gasteiger partial charge is 0.323 e. The maximum atomic E-state index is 4.17. The molecular weight excluding hydrogens is 184 g/mol. The minimum absolute atomic E-state index is 1.17. The molecule has 0 saturated carbocycles. The van der Waals surface area contributed by atoms with E-state index in [0.717, 1.165) is 0 Å². The van der Waals surface area contributed by atoms with Crippen molar-refractivity contribution in [2.24, 2.45) is 0 Å². The maximum Gasteiger partial charge on any atom is 0.0543 e. The molecule has 3 rings (SSSR count). The summed E-state index contributed by atoms with van der Waals surface area (Å²) < 4.78 is 2.10. The molecule has 0 amide bonds. The Kier molecular flexibility index (Phi) is 1.78. The van der Waals surface area contributed by atoms with E-state index in [1.54, 1.807) is 0 Å². The van der Waals surface area contributed by atoms with Crippen LogP contribution in [0.2, 0.25) is 0 Å². The lowest BCUT2D eigenvalue weighted by molar-refractivity contribution is 1.09. The van der Waals surface area contributed by atoms with Crippen LogP contribution < -0.4 is 0 Å². The Labute approximate surface area is 87.8 Å². The highest BCUT2D eigenvalue weighted by molar-refractivity contribution is 5.89. The van der Waals surface area contributed by atoms with Crippen LogP contribution in [0.1, 0.15) is 0 Å². The fourth-order valence-corrected chi connectivity index (χ4v) is 1.82. The average molecular weight is 194 g/mol. The van der Waals surface area contributed by atoms with E-state index in [2.05, 4.69) is 27.8 Å². The molecule has 0 aliphatic heterocycles. The zero-order valence-corrected chi connectivity index (χ0v) is 8.17. The third-order valence-electron chi connectivity index (χ3n) is 2.54. The second-order valence-electron chi connectivity index (χ2n) is 3.46. The van der Waals surface area contributed by atoms with E-state index < -0.39 is 0 Å². The summed E-state index contributed by atoms with van der Waals surface area (Å²) in [5.74, 6) is 0. The van der Waals surface area contributed by atoms with E-state index in [1.165, 1.54) is 16.5 Å². The van der Waals surface area contributed by atoms with Gasteiger partial charge in [-0.2, -0.15) is 0 Å². The minimum atomic E-state index is 1.17. The first-order chi connectivity index (χ1) is 7.45. The Hall–Kier alpha value is -2.09. The van der Waals surface area contributed by atoms with Gasteiger partial charge in [-0.25, -0.2) is 0 Å². The first-order valence-electron chi connectivity index (χ1n) is 4.91. The highest BCUT2D eigenvalue weighted by Gasteiger charge is 2.00. The Morgan fingerprint density at radius 2 is 1.80 bits per heavy atom. The van der Waals surface area contributed by atoms with Gasteiger partial charge in [0.25, 0.3) is 0 Å². The number of fused-ring (bicyclic) bond motifs is 1. The summed E-state index contributed by atoms with van der Waals surface area (Å²) in [4.78, 5) is 4.17. The van der Waals surface area contributed by atoms with Gasteiger partial charge in [0.1, 0.15) is 0 Å². The van der Waals surface area contributed by atoms with Gasteiger partial charge in [-0.3, -0.25) is 4.98 Å². The Morgan fingerprint density at radius 3 is 2.67 bits per heavy atom. The highest BCUT2D eigenvalue weighted by atomic mass is 14.9. The minimum Gasteiger partial charge on any atom is -0.323 e. The van der Waals surface area contributed by atoms with E-state index in [1.807, 2.05) is 43.0 Å². The third kappa shape index (κ3) is 1.31. The molecule has 2 aromatic heterocycles. The quantitative estimate of drug-likeness (QED) is 0.582. The standard InChI is InChI=1S/C13H10N2/c1-2-9-15(8-1)13-5-3-4-11-6-7-14-10-12(11)13/h1-10H. The molecule has 15 heavy (non-hydrogen) atoms. The lowest BCUT2D eigenvalue weighted by atomic mass is 10.1. The third-order valence-corrected chi connectivity index (χ3v) is 2.54. The van der Waals surface area contributed by atoms with Crippen molar-refractivity contribution in [3.05, 3.63) is 61.2 Å². The molecule has 0 aliphatic carbocycles. The van der Waals surface area contributed by atoms with Gasteiger partial charge in [-0.05, 0) is 29.7 Å². The number of hydrogen-bond donors (Lipinski definition) is 0. The predicted molar refractivity (Wildman–Crippen MR) is 61.1 cm³/mol. The zero-order valence-electron chi connectivity index (χ0n) is 8.17. The summed E-state index contributed by atoms with van der Waals surface area (Å²) >= 11 is 0. The smallest absolute Gasteiger partial charge is 0.0543 e. The Bertz CT molecular complexity index is 577. The van der Waals surface area contributed by atoms with E-state index in [-0.39, 0.29) is 0 Å². The van der Waals surface area contributed by atoms with Crippen molar-refractivity contribution < 1.29 is 0 Å². The fraction of sp³-hybridized carbons (Fsp3) is 0. The van der Waals surface area contributed by atoms with Gasteiger partial charge in [0.15, 0.2) is 0 Å². The van der Waals surface area contributed by atoms with Gasteiger partial charge in [-0.1, -0.05) is 12.1 Å². The summed E-state index contributed by atoms with van der Waals surface area (Å²) in [5, 5.41) is 2.40. The number of nitrogens with zero attached hydrogens (tertiary/aromatic N) is 2. The van der Waals surface area contributed by atoms with Crippen LogP contribution in [0.3, 0.4) is 0 Å². The molecule has 2 heterocycles. The number of pyridine rings is 1. The van der Waals surface area contributed by atoms with Crippen LogP contribution in [-0.2, 0) is 0 Å². The van der Waals surface area contributed by atoms with Gasteiger partial charge in [-0.15, -0.1) is 0 Å². The Balaban J connectivity index is 2.36. The van der Waals surface area contributed by atoms with Crippen LogP contribution in [0.4, 0.5) is 0 Å². The van der Waals surface area contributed by atoms with Crippen LogP contribution in [0.15, 0.2) is 61.2 Å². The molecule has 0 radical (unpaired) electrons. The SMILES string of the molecule is c1cc(-n2cccc2)c2cnccc2c1. The zero-order chi connectivity index (χ0) is 10.1. The lowest BCUT2D eigenvalue weighted by Gasteiger charge is -2.06. The first-order valence-corrected chi connectivity index (χ1v) is 4.91. The molecule has 1 aromatic carbocycles. The summed E-state index contributed by atoms with van der Waals surface area (Å²) in [6, 6.07) is 12.3. The van der Waals surface area contributed by atoms with Crippen molar-refractivity contribution in [3.63, 3.8) is 0 Å². The molecule has 3 aromatic rings. The summed E-state index contributed by atoms with van der Waals surface area (Å²) in [6.07, 6.45) is 7.82. The number of benzene rings is 1. The van der Waals surface area contributed by atoms with Gasteiger partial charge >= 0.3 is 0 Å². The van der Waals surface area contributed by atoms with Crippen LogP contribution in [0.5, 0.6) is 0 Å². The molecule has 0 unspecified atom stereocenters. The van der Waals surface area contributed by atoms with Crippen molar-refractivity contribution in [2.45, 2.75) is 0 Å². The fourth-order valence-electron chi connectivity index (χ4n) is 1.82. The topological polar surface area (TPSA) is 17.8 Å². The predicted octanol–water partition coefficient (Wildman–Crippen LogP) is 3.03. The molecule has 0 spiro atoms. The van der Waals surface area contributed by atoms with Crippen molar-refractivity contribution in [1.82, 2.24) is 9.55 Å². The van der Waals surface area contributed by atoms with E-state index in [0.29, 0.717) is 0 Å². The average Bonchev–Trinajstić information content (AvgIpc) is 2.82. The Morgan fingerprint density at radius 1 is 0.933 bits per heavy atom. The second kappa shape index (κ2) is 3.24. The van der Waals surface area contributed by atoms with Crippen LogP contribution in [0, 0.1) is 0 Å². The summed E-state index contributed by atoms with van der Waals surface area (Å²) in [5.41, 5.74) is 1.17. The van der Waals surface area contributed by atoms with Crippen LogP contribution >= 0.6 is 0 Å². The normalized spacial score (nSPS) is 10.7. The molecule has 0 fully saturated rings. The molecule has 0 aliphatic rings. The van der Waals surface area contributed by atoms with Crippen molar-refractivity contribution in [3.8, 4) is 5.69 Å². The number of rotatable bonds is 1. The molecule has 0 atom stereocenters. The number of hydrogen-bond acceptors (Lipinski definition) is 1. The molecule has 72 valence electrons. The molecule has 2 heteroatoms. The number of aromatic nitrogens is 2. The molecular formula is C13H10N2. The molecule has 0 N–H and O–H groups in total. The van der Waals surface area contributed by atoms with Crippen molar-refractivity contribution >= 4 is 10.8 Å².